The summed E-state index contributed by atoms with van der Waals surface area (Å²) in [6.07, 6.45) is 6.56. The van der Waals surface area contributed by atoms with Crippen LogP contribution in [0, 0.1) is 6.57 Å². The SMILES string of the molecule is [C-]#[N+]C1=C(C)/C(=C/C=C/C=C(c2ccc(N3CCS(=O)(=O)CC3)cc2)c2ccc(N3CCS(=O)(=O)CC3)cc2)C(=O)N(CC(=O)O)C1=O. The Morgan fingerprint density at radius 2 is 1.25 bits per heavy atom. The molecule has 2 aromatic carbocycles. The summed E-state index contributed by atoms with van der Waals surface area (Å²) in [6, 6.07) is 15.5. The quantitative estimate of drug-likeness (QED) is 0.189. The number of nitrogens with zero attached hydrogens (tertiary/aromatic N) is 4. The van der Waals surface area contributed by atoms with Gasteiger partial charge in [-0.05, 0) is 53.5 Å². The fraction of sp³-hybridized carbons (Fsp3) is 0.294. The molecule has 0 bridgehead atoms. The van der Waals surface area contributed by atoms with E-state index in [2.05, 4.69) is 4.85 Å². The number of aliphatic carboxylic acids is 1. The molecule has 12 nitrogen and oxygen atoms in total. The van der Waals surface area contributed by atoms with Gasteiger partial charge in [0, 0.05) is 43.1 Å². The number of allylic oxidation sites excluding steroid dienone is 4. The van der Waals surface area contributed by atoms with Gasteiger partial charge in [-0.3, -0.25) is 19.3 Å². The maximum atomic E-state index is 13.0. The highest BCUT2D eigenvalue weighted by atomic mass is 32.2. The topological polar surface area (TPSA) is 154 Å². The molecule has 2 fully saturated rings. The highest BCUT2D eigenvalue weighted by Crippen LogP contribution is 2.30. The van der Waals surface area contributed by atoms with Crippen molar-refractivity contribution in [2.24, 2.45) is 0 Å². The van der Waals surface area contributed by atoms with Gasteiger partial charge in [0.25, 0.3) is 17.5 Å². The third kappa shape index (κ3) is 7.75. The van der Waals surface area contributed by atoms with E-state index >= 15 is 0 Å². The number of imide groups is 1. The monoisotopic (exact) mass is 690 g/mol. The van der Waals surface area contributed by atoms with Gasteiger partial charge in [0.05, 0.1) is 29.6 Å². The molecule has 2 aromatic rings. The zero-order valence-corrected chi connectivity index (χ0v) is 27.8. The first-order valence-electron chi connectivity index (χ1n) is 15.2. The third-order valence-corrected chi connectivity index (χ3v) is 11.7. The summed E-state index contributed by atoms with van der Waals surface area (Å²) in [5.74, 6) is -2.71. The van der Waals surface area contributed by atoms with Gasteiger partial charge in [-0.2, -0.15) is 0 Å². The number of carbonyl (C=O) groups is 3. The summed E-state index contributed by atoms with van der Waals surface area (Å²) in [7, 11) is -6.05. The largest absolute Gasteiger partial charge is 0.480 e. The molecule has 3 aliphatic rings. The van der Waals surface area contributed by atoms with E-state index in [1.807, 2.05) is 64.4 Å². The van der Waals surface area contributed by atoms with Crippen LogP contribution in [-0.4, -0.2) is 100 Å². The molecular formula is C34H34N4O8S2. The summed E-state index contributed by atoms with van der Waals surface area (Å²) in [5, 5.41) is 9.19. The normalized spacial score (nSPS) is 20.2. The molecule has 0 spiro atoms. The number of benzene rings is 2. The van der Waals surface area contributed by atoms with E-state index in [4.69, 9.17) is 6.57 Å². The van der Waals surface area contributed by atoms with Gasteiger partial charge in [-0.25, -0.2) is 21.7 Å². The van der Waals surface area contributed by atoms with Gasteiger partial charge in [-0.1, -0.05) is 48.6 Å². The Hall–Kier alpha value is -5.00. The van der Waals surface area contributed by atoms with Crippen LogP contribution in [0.15, 0.2) is 89.7 Å². The van der Waals surface area contributed by atoms with Gasteiger partial charge in [-0.15, -0.1) is 0 Å². The van der Waals surface area contributed by atoms with Gasteiger partial charge in [0.1, 0.15) is 6.54 Å². The molecule has 0 atom stereocenters. The van der Waals surface area contributed by atoms with Crippen molar-refractivity contribution in [1.29, 1.82) is 0 Å². The van der Waals surface area contributed by atoms with Crippen molar-refractivity contribution in [2.75, 3.05) is 65.5 Å². The molecule has 14 heteroatoms. The molecule has 48 heavy (non-hydrogen) atoms. The van der Waals surface area contributed by atoms with E-state index in [0.29, 0.717) is 31.1 Å². The van der Waals surface area contributed by atoms with E-state index in [0.717, 1.165) is 28.1 Å². The van der Waals surface area contributed by atoms with Gasteiger partial charge >= 0.3 is 5.97 Å². The molecular weight excluding hydrogens is 657 g/mol. The van der Waals surface area contributed by atoms with E-state index in [1.54, 1.807) is 12.2 Å². The van der Waals surface area contributed by atoms with Crippen LogP contribution in [-0.2, 0) is 34.1 Å². The number of amides is 2. The first kappa shape index (κ1) is 34.3. The van der Waals surface area contributed by atoms with Crippen LogP contribution in [0.4, 0.5) is 11.4 Å². The van der Waals surface area contributed by atoms with E-state index in [9.17, 15) is 36.3 Å². The van der Waals surface area contributed by atoms with Crippen LogP contribution >= 0.6 is 0 Å². The standard InChI is InChI=1S/C34H34N4O8S2/c1-24-29(33(41)38(23-31(39)40)34(42)32(24)35-2)5-3-4-6-30(25-7-11-27(12-8-25)36-15-19-47(43,44)20-16-36)26-9-13-28(14-10-26)37-17-21-48(45,46)22-18-37/h3-14H,15-23H2,1H3,(H,39,40)/b4-3+,29-5-. The molecule has 3 aliphatic heterocycles. The molecule has 5 rings (SSSR count). The summed E-state index contributed by atoms with van der Waals surface area (Å²) >= 11 is 0. The van der Waals surface area contributed by atoms with Crippen LogP contribution < -0.4 is 9.80 Å². The van der Waals surface area contributed by atoms with Gasteiger partial charge in [0.2, 0.25) is 0 Å². The number of anilines is 2. The van der Waals surface area contributed by atoms with Crippen LogP contribution in [0.5, 0.6) is 0 Å². The number of hydrogen-bond acceptors (Lipinski definition) is 9. The molecule has 250 valence electrons. The van der Waals surface area contributed by atoms with Crippen LogP contribution in [0.1, 0.15) is 18.1 Å². The summed E-state index contributed by atoms with van der Waals surface area (Å²) < 4.78 is 47.6. The molecule has 1 N–H and O–H groups in total. The third-order valence-electron chi connectivity index (χ3n) is 8.50. The van der Waals surface area contributed by atoms with Crippen LogP contribution in [0.3, 0.4) is 0 Å². The number of sulfone groups is 2. The van der Waals surface area contributed by atoms with Crippen molar-refractivity contribution in [3.05, 3.63) is 112 Å². The van der Waals surface area contributed by atoms with E-state index in [1.165, 1.54) is 13.0 Å². The van der Waals surface area contributed by atoms with E-state index < -0.39 is 44.0 Å². The predicted octanol–water partition coefficient (Wildman–Crippen LogP) is 2.72. The molecule has 0 aromatic heterocycles. The van der Waals surface area contributed by atoms with Gasteiger partial charge < -0.3 is 14.9 Å². The Balaban J connectivity index is 1.46. The van der Waals surface area contributed by atoms with Crippen molar-refractivity contribution in [1.82, 2.24) is 4.90 Å². The first-order chi connectivity index (χ1) is 22.8. The number of carboxylic acid groups (broad SMARTS) is 1. The van der Waals surface area contributed by atoms with Crippen molar-refractivity contribution in [3.63, 3.8) is 0 Å². The fourth-order valence-electron chi connectivity index (χ4n) is 5.73. The van der Waals surface area contributed by atoms with Gasteiger partial charge in [0.15, 0.2) is 19.7 Å². The molecule has 0 saturated carbocycles. The highest BCUT2D eigenvalue weighted by molar-refractivity contribution is 7.91. The van der Waals surface area contributed by atoms with Crippen LogP contribution in [0.25, 0.3) is 10.4 Å². The Morgan fingerprint density at radius 1 is 0.792 bits per heavy atom. The van der Waals surface area contributed by atoms with Crippen molar-refractivity contribution in [2.45, 2.75) is 6.92 Å². The zero-order chi connectivity index (χ0) is 34.6. The second-order valence-electron chi connectivity index (χ2n) is 11.6. The average Bonchev–Trinajstić information content (AvgIpc) is 3.05. The highest BCUT2D eigenvalue weighted by Gasteiger charge is 2.36. The molecule has 2 saturated heterocycles. The lowest BCUT2D eigenvalue weighted by Crippen LogP contribution is -2.45. The van der Waals surface area contributed by atoms with E-state index in [-0.39, 0.29) is 39.9 Å². The molecule has 3 heterocycles. The smallest absolute Gasteiger partial charge is 0.323 e. The summed E-state index contributed by atoms with van der Waals surface area (Å²) in [6.45, 7) is 9.66. The number of carboxylic acids is 1. The number of rotatable bonds is 8. The number of carbonyl (C=O) groups excluding carboxylic acids is 2. The van der Waals surface area contributed by atoms with Crippen LogP contribution in [0.2, 0.25) is 0 Å². The minimum Gasteiger partial charge on any atom is -0.480 e. The van der Waals surface area contributed by atoms with Crippen molar-refractivity contribution in [3.8, 4) is 0 Å². The maximum Gasteiger partial charge on any atom is 0.323 e. The molecule has 0 unspecified atom stereocenters. The Morgan fingerprint density at radius 3 is 1.67 bits per heavy atom. The minimum absolute atomic E-state index is 0.0360. The molecule has 0 aliphatic carbocycles. The second-order valence-corrected chi connectivity index (χ2v) is 16.2. The lowest BCUT2D eigenvalue weighted by molar-refractivity contribution is -0.149. The maximum absolute atomic E-state index is 13.0. The summed E-state index contributed by atoms with van der Waals surface area (Å²) in [5.41, 5.74) is 4.22. The lowest BCUT2D eigenvalue weighted by Gasteiger charge is -2.29. The van der Waals surface area contributed by atoms with Crippen molar-refractivity contribution < 1.29 is 36.3 Å². The second kappa shape index (κ2) is 14.0. The zero-order valence-electron chi connectivity index (χ0n) is 26.2. The Kier molecular flexibility index (Phi) is 10.0. The number of hydrogen-bond donors (Lipinski definition) is 1. The lowest BCUT2D eigenvalue weighted by atomic mass is 9.96. The Bertz CT molecular complexity index is 1900. The fourth-order valence-corrected chi connectivity index (χ4v) is 8.13. The average molecular weight is 691 g/mol. The Labute approximate surface area is 279 Å². The first-order valence-corrected chi connectivity index (χ1v) is 18.8. The molecule has 0 radical (unpaired) electrons. The van der Waals surface area contributed by atoms with Crippen molar-refractivity contribution >= 4 is 54.4 Å². The summed E-state index contributed by atoms with van der Waals surface area (Å²) in [4.78, 5) is 44.7. The predicted molar refractivity (Wildman–Crippen MR) is 183 cm³/mol. The molecule has 2 amide bonds. The minimum atomic E-state index is -3.02.